The summed E-state index contributed by atoms with van der Waals surface area (Å²) in [6.45, 7) is 9.28. The number of carbonyl (C=O) groups excluding carboxylic acids is 5. The smallest absolute Gasteiger partial charge is 0.266 e. The topological polar surface area (TPSA) is 182 Å². The van der Waals surface area contributed by atoms with Crippen molar-refractivity contribution in [2.45, 2.75) is 82.7 Å². The summed E-state index contributed by atoms with van der Waals surface area (Å²) in [5.41, 5.74) is 3.58. The lowest BCUT2D eigenvalue weighted by atomic mass is 9.93. The average Bonchev–Trinajstić information content (AvgIpc) is 3.82. The molecule has 3 saturated heterocycles. The highest BCUT2D eigenvalue weighted by Gasteiger charge is 2.46. The molecule has 6 heterocycles. The summed E-state index contributed by atoms with van der Waals surface area (Å²) in [7, 11) is 0. The van der Waals surface area contributed by atoms with E-state index in [4.69, 9.17) is 21.3 Å². The molecular formula is C46H54ClN9O6. The maximum Gasteiger partial charge on any atom is 0.266 e. The molecular weight excluding hydrogens is 810 g/mol. The van der Waals surface area contributed by atoms with Gasteiger partial charge in [0.25, 0.3) is 11.8 Å². The number of H-pyrrole nitrogens is 1. The molecule has 2 aromatic carbocycles. The number of imide groups is 2. The van der Waals surface area contributed by atoms with Gasteiger partial charge < -0.3 is 30.2 Å². The van der Waals surface area contributed by atoms with Crippen molar-refractivity contribution < 1.29 is 28.7 Å². The Bertz CT molecular complexity index is 2340. The molecule has 0 saturated carbocycles. The fraction of sp³-hybridized carbons (Fsp3) is 0.457. The number of likely N-dealkylation sites (tertiary alicyclic amines) is 2. The quantitative estimate of drug-likeness (QED) is 0.0730. The summed E-state index contributed by atoms with van der Waals surface area (Å²) in [6, 6.07) is 11.9. The number of fused-ring (bicyclic) bond motifs is 2. The van der Waals surface area contributed by atoms with Crippen molar-refractivity contribution in [3.63, 3.8) is 0 Å². The van der Waals surface area contributed by atoms with E-state index >= 15 is 0 Å². The minimum Gasteiger partial charge on any atom is -0.487 e. The van der Waals surface area contributed by atoms with Crippen LogP contribution >= 0.6 is 11.6 Å². The Morgan fingerprint density at radius 2 is 1.73 bits per heavy atom. The molecule has 2 aromatic heterocycles. The maximum atomic E-state index is 13.7. The van der Waals surface area contributed by atoms with E-state index in [1.54, 1.807) is 24.4 Å². The number of aromatic amines is 1. The van der Waals surface area contributed by atoms with Crippen LogP contribution < -0.4 is 20.7 Å². The first-order valence-electron chi connectivity index (χ1n) is 21.9. The lowest BCUT2D eigenvalue weighted by Gasteiger charge is -2.38. The highest BCUT2D eigenvalue weighted by atomic mass is 35.5. The molecule has 0 aliphatic carbocycles. The number of benzene rings is 2. The minimum atomic E-state index is -1.03. The fourth-order valence-electron chi connectivity index (χ4n) is 9.11. The number of anilines is 1. The average molecular weight is 864 g/mol. The number of unbranched alkanes of at least 4 members (excludes halogenated alkanes) is 4. The normalized spacial score (nSPS) is 19.8. The van der Waals surface area contributed by atoms with E-state index in [0.717, 1.165) is 112 Å². The van der Waals surface area contributed by atoms with Gasteiger partial charge in [0.2, 0.25) is 23.7 Å². The van der Waals surface area contributed by atoms with Gasteiger partial charge in [0, 0.05) is 66.4 Å². The SMILES string of the molecule is C=C(COc1cccc2c1C(=O)N(C1CCC(=O)NC1=O)C2=O)NCCCCCCCN1CCC(C(=O)N2CCC[C@@H](Nc3ncc(Cl)c(-c4c[nH]c5ccccc45)n3)C2)CC1. The predicted molar refractivity (Wildman–Crippen MR) is 236 cm³/mol. The minimum absolute atomic E-state index is 0.0582. The van der Waals surface area contributed by atoms with Crippen molar-refractivity contribution in [3.8, 4) is 17.0 Å². The van der Waals surface area contributed by atoms with Crippen molar-refractivity contribution in [2.24, 2.45) is 5.92 Å². The van der Waals surface area contributed by atoms with Crippen molar-refractivity contribution in [3.05, 3.63) is 83.3 Å². The third-order valence-electron chi connectivity index (χ3n) is 12.4. The van der Waals surface area contributed by atoms with Gasteiger partial charge in [-0.25, -0.2) is 9.97 Å². The molecule has 62 heavy (non-hydrogen) atoms. The standard InChI is InChI=1S/C46H54ClN9O6/c1-29(28-62-38-15-9-13-33-40(38)45(61)56(44(33)60)37-16-17-39(57)52-42(37)58)48-20-7-3-2-4-8-21-54-23-18-30(19-24-54)43(59)55-22-10-11-31(27-55)51-46-50-26-35(47)41(53-46)34-25-49-36-14-6-5-12-32(34)36/h5-6,9,12-15,25-26,30-31,37,48-49H,1-4,7-8,10-11,16-24,27-28H2,(H,50,51,53)(H,52,57,58)/t31-,37?/m1/s1. The number of hydrogen-bond donors (Lipinski definition) is 4. The van der Waals surface area contributed by atoms with Crippen LogP contribution in [0.3, 0.4) is 0 Å². The molecule has 4 aliphatic heterocycles. The van der Waals surface area contributed by atoms with Gasteiger partial charge in [-0.2, -0.15) is 0 Å². The number of nitrogens with zero attached hydrogens (tertiary/aromatic N) is 5. The third kappa shape index (κ3) is 9.63. The number of halogens is 1. The maximum absolute atomic E-state index is 13.7. The first kappa shape index (κ1) is 42.9. The lowest BCUT2D eigenvalue weighted by molar-refractivity contribution is -0.138. The number of hydrogen-bond acceptors (Lipinski definition) is 11. The zero-order valence-corrected chi connectivity index (χ0v) is 35.7. The zero-order valence-electron chi connectivity index (χ0n) is 34.9. The van der Waals surface area contributed by atoms with Crippen LogP contribution in [0.2, 0.25) is 5.02 Å². The number of nitrogens with one attached hydrogen (secondary N) is 4. The monoisotopic (exact) mass is 863 g/mol. The van der Waals surface area contributed by atoms with Crippen LogP contribution in [-0.2, 0) is 14.4 Å². The van der Waals surface area contributed by atoms with E-state index < -0.39 is 29.7 Å². The van der Waals surface area contributed by atoms with Gasteiger partial charge in [-0.15, -0.1) is 0 Å². The van der Waals surface area contributed by atoms with Crippen LogP contribution in [0.25, 0.3) is 22.2 Å². The van der Waals surface area contributed by atoms with E-state index in [9.17, 15) is 24.0 Å². The Balaban J connectivity index is 0.689. The molecule has 3 fully saturated rings. The summed E-state index contributed by atoms with van der Waals surface area (Å²) in [5.74, 6) is -1.14. The van der Waals surface area contributed by atoms with Crippen molar-refractivity contribution in [2.75, 3.05) is 51.2 Å². The van der Waals surface area contributed by atoms with Gasteiger partial charge in [-0.3, -0.25) is 34.2 Å². The Labute approximate surface area is 366 Å². The van der Waals surface area contributed by atoms with Crippen LogP contribution in [0.15, 0.2) is 67.1 Å². The summed E-state index contributed by atoms with van der Waals surface area (Å²) < 4.78 is 5.92. The van der Waals surface area contributed by atoms with Crippen molar-refractivity contribution in [1.82, 2.24) is 40.3 Å². The second kappa shape index (κ2) is 19.5. The predicted octanol–water partition coefficient (Wildman–Crippen LogP) is 5.93. The summed E-state index contributed by atoms with van der Waals surface area (Å²) in [5, 5.41) is 10.5. The van der Waals surface area contributed by atoms with Crippen LogP contribution in [0.4, 0.5) is 5.95 Å². The molecule has 4 aromatic rings. The first-order chi connectivity index (χ1) is 30.1. The summed E-state index contributed by atoms with van der Waals surface area (Å²) in [6.07, 6.45) is 12.8. The van der Waals surface area contributed by atoms with Gasteiger partial charge in [0.1, 0.15) is 18.4 Å². The van der Waals surface area contributed by atoms with Crippen molar-refractivity contribution >= 4 is 58.0 Å². The van der Waals surface area contributed by atoms with Gasteiger partial charge >= 0.3 is 0 Å². The third-order valence-corrected chi connectivity index (χ3v) is 12.7. The number of piperidine rings is 3. The molecule has 15 nitrogen and oxygen atoms in total. The van der Waals surface area contributed by atoms with Crippen LogP contribution in [0, 0.1) is 5.92 Å². The van der Waals surface area contributed by atoms with Gasteiger partial charge in [-0.1, -0.05) is 61.7 Å². The Hall–Kier alpha value is -5.80. The van der Waals surface area contributed by atoms with Gasteiger partial charge in [0.05, 0.1) is 28.0 Å². The molecule has 0 radical (unpaired) electrons. The number of rotatable bonds is 17. The molecule has 16 heteroatoms. The van der Waals surface area contributed by atoms with Gasteiger partial charge in [0.15, 0.2) is 0 Å². The molecule has 1 unspecified atom stereocenters. The molecule has 2 atom stereocenters. The highest BCUT2D eigenvalue weighted by molar-refractivity contribution is 6.33. The molecule has 0 bridgehead atoms. The number of aromatic nitrogens is 3. The Kier molecular flexibility index (Phi) is 13.5. The molecule has 326 valence electrons. The Morgan fingerprint density at radius 3 is 2.56 bits per heavy atom. The largest absolute Gasteiger partial charge is 0.487 e. The second-order valence-corrected chi connectivity index (χ2v) is 17.1. The van der Waals surface area contributed by atoms with Crippen LogP contribution in [0.5, 0.6) is 5.75 Å². The van der Waals surface area contributed by atoms with E-state index in [1.807, 2.05) is 35.4 Å². The van der Waals surface area contributed by atoms with E-state index in [2.05, 4.69) is 37.4 Å². The van der Waals surface area contributed by atoms with Gasteiger partial charge in [-0.05, 0) is 82.8 Å². The molecule has 8 rings (SSSR count). The number of carbonyl (C=O) groups is 5. The van der Waals surface area contributed by atoms with Crippen molar-refractivity contribution in [1.29, 1.82) is 0 Å². The zero-order chi connectivity index (χ0) is 43.2. The molecule has 4 N–H and O–H groups in total. The molecule has 5 amide bonds. The Morgan fingerprint density at radius 1 is 0.919 bits per heavy atom. The summed E-state index contributed by atoms with van der Waals surface area (Å²) >= 11 is 6.56. The summed E-state index contributed by atoms with van der Waals surface area (Å²) in [4.78, 5) is 82.1. The number of para-hydroxylation sites is 1. The molecule has 0 spiro atoms. The molecule has 4 aliphatic rings. The fourth-order valence-corrected chi connectivity index (χ4v) is 9.30. The number of amides is 5. The lowest BCUT2D eigenvalue weighted by Crippen LogP contribution is -2.54. The number of ether oxygens (including phenoxy) is 1. The second-order valence-electron chi connectivity index (χ2n) is 16.7. The van der Waals surface area contributed by atoms with Crippen LogP contribution in [0.1, 0.15) is 91.3 Å². The highest BCUT2D eigenvalue weighted by Crippen LogP contribution is 2.35. The van der Waals surface area contributed by atoms with E-state index in [-0.39, 0.29) is 54.2 Å². The first-order valence-corrected chi connectivity index (χ1v) is 22.3. The van der Waals surface area contributed by atoms with Crippen LogP contribution in [-0.4, -0.2) is 117 Å². The van der Waals surface area contributed by atoms with E-state index in [0.29, 0.717) is 28.9 Å². The van der Waals surface area contributed by atoms with E-state index in [1.165, 1.54) is 0 Å².